The van der Waals surface area contributed by atoms with Crippen molar-refractivity contribution in [1.29, 1.82) is 0 Å². The third kappa shape index (κ3) is 5.30. The highest BCUT2D eigenvalue weighted by atomic mass is 32.1. The lowest BCUT2D eigenvalue weighted by Gasteiger charge is -2.18. The zero-order valence-electron chi connectivity index (χ0n) is 15.9. The predicted octanol–water partition coefficient (Wildman–Crippen LogP) is 5.10. The zero-order chi connectivity index (χ0) is 19.1. The number of thiocarbonyl (C=S) groups is 1. The quantitative estimate of drug-likeness (QED) is 0.695. The summed E-state index contributed by atoms with van der Waals surface area (Å²) in [7, 11) is 0. The van der Waals surface area contributed by atoms with E-state index in [1.807, 2.05) is 50.2 Å². The molecule has 0 aliphatic rings. The van der Waals surface area contributed by atoms with Crippen LogP contribution in [0.2, 0.25) is 0 Å². The van der Waals surface area contributed by atoms with Crippen LogP contribution in [0.15, 0.2) is 48.5 Å². The van der Waals surface area contributed by atoms with Crippen LogP contribution in [0.3, 0.4) is 0 Å². The summed E-state index contributed by atoms with van der Waals surface area (Å²) in [5.41, 5.74) is 3.77. The molecule has 138 valence electrons. The molecular formula is C21H27N3OS. The van der Waals surface area contributed by atoms with Crippen LogP contribution in [0, 0.1) is 0 Å². The lowest BCUT2D eigenvalue weighted by molar-refractivity contribution is 0.0773. The number of carbonyl (C=O) groups excluding carboxylic acids is 1. The summed E-state index contributed by atoms with van der Waals surface area (Å²) >= 11 is 5.37. The standard InChI is InChI=1S/C21H27N3OS/c1-5-24(6-2)20(25)17-9-13-19(14-10-17)23-21(26)22-18-11-7-16(8-12-18)15(3)4/h7-15H,5-6H2,1-4H3,(H2,22,23,26). The third-order valence-electron chi connectivity index (χ3n) is 4.28. The Kier molecular flexibility index (Phi) is 7.16. The first-order valence-electron chi connectivity index (χ1n) is 9.01. The molecule has 0 radical (unpaired) electrons. The SMILES string of the molecule is CCN(CC)C(=O)c1ccc(NC(=S)Nc2ccc(C(C)C)cc2)cc1. The van der Waals surface area contributed by atoms with E-state index < -0.39 is 0 Å². The van der Waals surface area contributed by atoms with E-state index in [2.05, 4.69) is 36.6 Å². The van der Waals surface area contributed by atoms with Gasteiger partial charge in [0.05, 0.1) is 0 Å². The highest BCUT2D eigenvalue weighted by Crippen LogP contribution is 2.18. The van der Waals surface area contributed by atoms with E-state index in [1.165, 1.54) is 5.56 Å². The van der Waals surface area contributed by atoms with Crippen LogP contribution in [0.4, 0.5) is 11.4 Å². The molecule has 0 unspecified atom stereocenters. The monoisotopic (exact) mass is 369 g/mol. The topological polar surface area (TPSA) is 44.4 Å². The predicted molar refractivity (Wildman–Crippen MR) is 114 cm³/mol. The number of hydrogen-bond donors (Lipinski definition) is 2. The van der Waals surface area contributed by atoms with Crippen LogP contribution < -0.4 is 10.6 Å². The summed E-state index contributed by atoms with van der Waals surface area (Å²) in [5.74, 6) is 0.555. The summed E-state index contributed by atoms with van der Waals surface area (Å²) in [6, 6.07) is 15.6. The molecule has 0 fully saturated rings. The number of nitrogens with zero attached hydrogens (tertiary/aromatic N) is 1. The zero-order valence-corrected chi connectivity index (χ0v) is 16.7. The minimum atomic E-state index is 0.0486. The molecule has 1 amide bonds. The third-order valence-corrected chi connectivity index (χ3v) is 4.48. The summed E-state index contributed by atoms with van der Waals surface area (Å²) in [5, 5.41) is 6.84. The normalized spacial score (nSPS) is 10.5. The van der Waals surface area contributed by atoms with Gasteiger partial charge in [0, 0.05) is 30.0 Å². The van der Waals surface area contributed by atoms with Crippen LogP contribution in [0.1, 0.15) is 49.5 Å². The maximum Gasteiger partial charge on any atom is 0.253 e. The second-order valence-corrected chi connectivity index (χ2v) is 6.82. The summed E-state index contributed by atoms with van der Waals surface area (Å²) in [4.78, 5) is 14.1. The maximum absolute atomic E-state index is 12.3. The van der Waals surface area contributed by atoms with Crippen LogP contribution in [0.25, 0.3) is 0 Å². The molecular weight excluding hydrogens is 342 g/mol. The Morgan fingerprint density at radius 3 is 1.81 bits per heavy atom. The number of rotatable bonds is 6. The van der Waals surface area contributed by atoms with Crippen molar-refractivity contribution in [3.8, 4) is 0 Å². The lowest BCUT2D eigenvalue weighted by atomic mass is 10.0. The molecule has 2 N–H and O–H groups in total. The first-order chi connectivity index (χ1) is 12.4. The van der Waals surface area contributed by atoms with Crippen molar-refractivity contribution in [1.82, 2.24) is 4.90 Å². The van der Waals surface area contributed by atoms with Gasteiger partial charge in [0.1, 0.15) is 0 Å². The Hall–Kier alpha value is -2.40. The van der Waals surface area contributed by atoms with Crippen molar-refractivity contribution in [3.63, 3.8) is 0 Å². The highest BCUT2D eigenvalue weighted by molar-refractivity contribution is 7.80. The maximum atomic E-state index is 12.3. The van der Waals surface area contributed by atoms with Gasteiger partial charge in [-0.15, -0.1) is 0 Å². The molecule has 2 aromatic rings. The van der Waals surface area contributed by atoms with Gasteiger partial charge in [0.2, 0.25) is 0 Å². The van der Waals surface area contributed by atoms with Gasteiger partial charge < -0.3 is 15.5 Å². The van der Waals surface area contributed by atoms with E-state index in [4.69, 9.17) is 12.2 Å². The van der Waals surface area contributed by atoms with Crippen LogP contribution in [0.5, 0.6) is 0 Å². The van der Waals surface area contributed by atoms with Crippen LogP contribution in [-0.2, 0) is 0 Å². The molecule has 0 aliphatic heterocycles. The highest BCUT2D eigenvalue weighted by Gasteiger charge is 2.12. The van der Waals surface area contributed by atoms with Gasteiger partial charge in [0.25, 0.3) is 5.91 Å². The first-order valence-corrected chi connectivity index (χ1v) is 9.42. The summed E-state index contributed by atoms with van der Waals surface area (Å²) in [6.07, 6.45) is 0. The van der Waals surface area contributed by atoms with Gasteiger partial charge in [-0.1, -0.05) is 26.0 Å². The molecule has 5 heteroatoms. The number of benzene rings is 2. The molecule has 0 atom stereocenters. The Labute approximate surface area is 161 Å². The van der Waals surface area contributed by atoms with Gasteiger partial charge in [-0.05, 0) is 73.9 Å². The van der Waals surface area contributed by atoms with E-state index in [-0.39, 0.29) is 5.91 Å². The fourth-order valence-corrected chi connectivity index (χ4v) is 2.87. The minimum absolute atomic E-state index is 0.0486. The molecule has 0 saturated carbocycles. The van der Waals surface area contributed by atoms with Crippen molar-refractivity contribution in [3.05, 3.63) is 59.7 Å². The molecule has 2 rings (SSSR count). The van der Waals surface area contributed by atoms with Crippen molar-refractivity contribution < 1.29 is 4.79 Å². The van der Waals surface area contributed by atoms with E-state index in [9.17, 15) is 4.79 Å². The molecule has 26 heavy (non-hydrogen) atoms. The van der Waals surface area contributed by atoms with E-state index in [0.29, 0.717) is 29.7 Å². The number of carbonyl (C=O) groups is 1. The molecule has 0 bridgehead atoms. The molecule has 4 nitrogen and oxygen atoms in total. The minimum Gasteiger partial charge on any atom is -0.339 e. The smallest absolute Gasteiger partial charge is 0.253 e. The van der Waals surface area contributed by atoms with Crippen molar-refractivity contribution in [2.24, 2.45) is 0 Å². The average Bonchev–Trinajstić information content (AvgIpc) is 2.63. The lowest BCUT2D eigenvalue weighted by Crippen LogP contribution is -2.30. The Balaban J connectivity index is 1.95. The Bertz CT molecular complexity index is 735. The molecule has 0 aromatic heterocycles. The average molecular weight is 370 g/mol. The molecule has 0 heterocycles. The Morgan fingerprint density at radius 2 is 1.38 bits per heavy atom. The van der Waals surface area contributed by atoms with Crippen molar-refractivity contribution >= 4 is 34.6 Å². The fraction of sp³-hybridized carbons (Fsp3) is 0.333. The Morgan fingerprint density at radius 1 is 0.923 bits per heavy atom. The molecule has 2 aromatic carbocycles. The molecule has 0 saturated heterocycles. The second kappa shape index (κ2) is 9.34. The van der Waals surface area contributed by atoms with Gasteiger partial charge >= 0.3 is 0 Å². The summed E-state index contributed by atoms with van der Waals surface area (Å²) < 4.78 is 0. The van der Waals surface area contributed by atoms with Gasteiger partial charge in [0.15, 0.2) is 5.11 Å². The van der Waals surface area contributed by atoms with E-state index in [0.717, 1.165) is 11.4 Å². The van der Waals surface area contributed by atoms with Crippen molar-refractivity contribution in [2.75, 3.05) is 23.7 Å². The van der Waals surface area contributed by atoms with Crippen molar-refractivity contribution in [2.45, 2.75) is 33.6 Å². The van der Waals surface area contributed by atoms with E-state index >= 15 is 0 Å². The molecule has 0 spiro atoms. The van der Waals surface area contributed by atoms with Crippen LogP contribution in [-0.4, -0.2) is 29.0 Å². The number of amides is 1. The molecule has 0 aliphatic carbocycles. The van der Waals surface area contributed by atoms with Gasteiger partial charge in [-0.25, -0.2) is 0 Å². The fourth-order valence-electron chi connectivity index (χ4n) is 2.63. The number of nitrogens with one attached hydrogen (secondary N) is 2. The number of hydrogen-bond acceptors (Lipinski definition) is 2. The van der Waals surface area contributed by atoms with Gasteiger partial charge in [-0.3, -0.25) is 4.79 Å². The number of anilines is 2. The second-order valence-electron chi connectivity index (χ2n) is 6.41. The van der Waals surface area contributed by atoms with E-state index in [1.54, 1.807) is 4.90 Å². The van der Waals surface area contributed by atoms with Gasteiger partial charge in [-0.2, -0.15) is 0 Å². The summed E-state index contributed by atoms with van der Waals surface area (Å²) in [6.45, 7) is 9.72. The largest absolute Gasteiger partial charge is 0.339 e. The van der Waals surface area contributed by atoms with Crippen LogP contribution >= 0.6 is 12.2 Å². The first kappa shape index (κ1) is 19.9.